The van der Waals surface area contributed by atoms with Gasteiger partial charge in [0.1, 0.15) is 11.9 Å². The second-order valence-electron chi connectivity index (χ2n) is 2.90. The predicted molar refractivity (Wildman–Crippen MR) is 52.6 cm³/mol. The number of nitrogens with zero attached hydrogens (tertiary/aromatic N) is 2. The van der Waals surface area contributed by atoms with E-state index in [9.17, 15) is 4.79 Å². The van der Waals surface area contributed by atoms with Crippen LogP contribution in [-0.4, -0.2) is 22.4 Å². The zero-order chi connectivity index (χ0) is 10.6. The maximum atomic E-state index is 11.5. The maximum Gasteiger partial charge on any atom is 0.330 e. The van der Waals surface area contributed by atoms with Gasteiger partial charge in [-0.05, 0) is 19.4 Å². The van der Waals surface area contributed by atoms with Gasteiger partial charge in [-0.1, -0.05) is 6.92 Å². The van der Waals surface area contributed by atoms with Crippen molar-refractivity contribution in [3.63, 3.8) is 0 Å². The van der Waals surface area contributed by atoms with E-state index >= 15 is 0 Å². The van der Waals surface area contributed by atoms with E-state index in [0.29, 0.717) is 18.8 Å². The van der Waals surface area contributed by atoms with Crippen LogP contribution in [0.5, 0.6) is 0 Å². The number of rotatable bonds is 4. The summed E-state index contributed by atoms with van der Waals surface area (Å²) in [4.78, 5) is 11.5. The van der Waals surface area contributed by atoms with Gasteiger partial charge in [0.05, 0.1) is 6.61 Å². The Kier molecular flexibility index (Phi) is 3.50. The molecule has 0 aliphatic carbocycles. The van der Waals surface area contributed by atoms with Crippen LogP contribution in [0, 0.1) is 0 Å². The van der Waals surface area contributed by atoms with Gasteiger partial charge in [0.25, 0.3) is 0 Å². The number of nitrogens with two attached hydrogens (primary N) is 1. The third-order valence-electron chi connectivity index (χ3n) is 1.89. The van der Waals surface area contributed by atoms with Gasteiger partial charge in [0.15, 0.2) is 0 Å². The first-order valence-corrected chi connectivity index (χ1v) is 4.66. The topological polar surface area (TPSA) is 70.1 Å². The number of aromatic nitrogens is 2. The highest BCUT2D eigenvalue weighted by atomic mass is 16.5. The summed E-state index contributed by atoms with van der Waals surface area (Å²) in [5.41, 5.74) is 5.46. The molecule has 14 heavy (non-hydrogen) atoms. The number of carbonyl (C=O) groups is 1. The van der Waals surface area contributed by atoms with Gasteiger partial charge in [-0.25, -0.2) is 4.79 Å². The van der Waals surface area contributed by atoms with Gasteiger partial charge in [0, 0.05) is 6.20 Å². The van der Waals surface area contributed by atoms with Crippen LogP contribution < -0.4 is 5.73 Å². The number of nitrogen functional groups attached to an aromatic ring is 1. The summed E-state index contributed by atoms with van der Waals surface area (Å²) in [6.45, 7) is 4.06. The molecule has 5 heteroatoms. The number of hydrogen-bond donors (Lipinski definition) is 1. The van der Waals surface area contributed by atoms with Crippen LogP contribution in [-0.2, 0) is 9.53 Å². The Balaban J connectivity index is 2.76. The van der Waals surface area contributed by atoms with Crippen molar-refractivity contribution >= 4 is 11.8 Å². The van der Waals surface area contributed by atoms with Gasteiger partial charge in [-0.3, -0.25) is 4.68 Å². The minimum absolute atomic E-state index is 0.266. The second kappa shape index (κ2) is 4.64. The van der Waals surface area contributed by atoms with E-state index in [1.165, 1.54) is 4.68 Å². The van der Waals surface area contributed by atoms with Crippen LogP contribution in [0.25, 0.3) is 0 Å². The molecule has 1 atom stereocenters. The second-order valence-corrected chi connectivity index (χ2v) is 2.90. The van der Waals surface area contributed by atoms with E-state index in [4.69, 9.17) is 10.5 Å². The SMILES string of the molecule is CCOC(=O)C(CC)n1ccc(N)n1. The summed E-state index contributed by atoms with van der Waals surface area (Å²) < 4.78 is 6.45. The molecular weight excluding hydrogens is 182 g/mol. The first kappa shape index (κ1) is 10.6. The quantitative estimate of drug-likeness (QED) is 0.730. The highest BCUT2D eigenvalue weighted by Crippen LogP contribution is 2.13. The van der Waals surface area contributed by atoms with Crippen molar-refractivity contribution in [1.29, 1.82) is 0 Å². The van der Waals surface area contributed by atoms with Crippen molar-refractivity contribution in [2.75, 3.05) is 12.3 Å². The Morgan fingerprint density at radius 2 is 2.43 bits per heavy atom. The largest absolute Gasteiger partial charge is 0.464 e. The third kappa shape index (κ3) is 2.25. The monoisotopic (exact) mass is 197 g/mol. The Morgan fingerprint density at radius 3 is 2.86 bits per heavy atom. The number of ether oxygens (including phenoxy) is 1. The average Bonchev–Trinajstić information content (AvgIpc) is 2.54. The Hall–Kier alpha value is -1.52. The molecule has 0 aliphatic rings. The van der Waals surface area contributed by atoms with Crippen molar-refractivity contribution in [3.8, 4) is 0 Å². The summed E-state index contributed by atoms with van der Waals surface area (Å²) in [6, 6.07) is 1.29. The summed E-state index contributed by atoms with van der Waals surface area (Å²) in [7, 11) is 0. The molecule has 2 N–H and O–H groups in total. The Labute approximate surface area is 82.8 Å². The van der Waals surface area contributed by atoms with Gasteiger partial charge in [0.2, 0.25) is 0 Å². The number of anilines is 1. The van der Waals surface area contributed by atoms with Gasteiger partial charge in [-0.15, -0.1) is 0 Å². The lowest BCUT2D eigenvalue weighted by Gasteiger charge is -2.13. The fraction of sp³-hybridized carbons (Fsp3) is 0.556. The minimum Gasteiger partial charge on any atom is -0.464 e. The molecule has 1 aromatic rings. The maximum absolute atomic E-state index is 11.5. The Bertz CT molecular complexity index is 309. The van der Waals surface area contributed by atoms with Crippen LogP contribution in [0.4, 0.5) is 5.82 Å². The summed E-state index contributed by atoms with van der Waals surface area (Å²) in [6.07, 6.45) is 2.32. The standard InChI is InChI=1S/C9H15N3O2/c1-3-7(9(13)14-4-2)12-6-5-8(10)11-12/h5-7H,3-4H2,1-2H3,(H2,10,11). The van der Waals surface area contributed by atoms with Crippen molar-refractivity contribution in [2.24, 2.45) is 0 Å². The van der Waals surface area contributed by atoms with Crippen molar-refractivity contribution in [2.45, 2.75) is 26.3 Å². The average molecular weight is 197 g/mol. The molecule has 1 rings (SSSR count). The summed E-state index contributed by atoms with van der Waals surface area (Å²) in [5, 5.41) is 3.98. The molecule has 0 saturated heterocycles. The molecule has 0 bridgehead atoms. The van der Waals surface area contributed by atoms with Gasteiger partial charge < -0.3 is 10.5 Å². The number of carbonyl (C=O) groups excluding carboxylic acids is 1. The molecule has 0 fully saturated rings. The lowest BCUT2D eigenvalue weighted by atomic mass is 10.2. The highest BCUT2D eigenvalue weighted by molar-refractivity contribution is 5.74. The van der Waals surface area contributed by atoms with E-state index < -0.39 is 0 Å². The first-order valence-electron chi connectivity index (χ1n) is 4.66. The van der Waals surface area contributed by atoms with E-state index in [1.54, 1.807) is 19.2 Å². The molecule has 0 amide bonds. The van der Waals surface area contributed by atoms with E-state index in [0.717, 1.165) is 0 Å². The van der Waals surface area contributed by atoms with Crippen LogP contribution in [0.3, 0.4) is 0 Å². The molecule has 78 valence electrons. The molecule has 1 unspecified atom stereocenters. The van der Waals surface area contributed by atoms with Gasteiger partial charge in [-0.2, -0.15) is 5.10 Å². The lowest BCUT2D eigenvalue weighted by molar-refractivity contribution is -0.147. The number of esters is 1. The molecule has 0 aliphatic heterocycles. The van der Waals surface area contributed by atoms with Crippen molar-refractivity contribution in [3.05, 3.63) is 12.3 Å². The highest BCUT2D eigenvalue weighted by Gasteiger charge is 2.19. The minimum atomic E-state index is -0.368. The van der Waals surface area contributed by atoms with Crippen LogP contribution in [0.1, 0.15) is 26.3 Å². The fourth-order valence-corrected chi connectivity index (χ4v) is 1.23. The summed E-state index contributed by atoms with van der Waals surface area (Å²) >= 11 is 0. The van der Waals surface area contributed by atoms with Crippen molar-refractivity contribution in [1.82, 2.24) is 9.78 Å². The molecule has 0 spiro atoms. The predicted octanol–water partition coefficient (Wildman–Crippen LogP) is 0.980. The van der Waals surface area contributed by atoms with Gasteiger partial charge >= 0.3 is 5.97 Å². The van der Waals surface area contributed by atoms with E-state index in [-0.39, 0.29) is 12.0 Å². The molecule has 0 aromatic carbocycles. The zero-order valence-corrected chi connectivity index (χ0v) is 8.43. The van der Waals surface area contributed by atoms with E-state index in [1.807, 2.05) is 6.92 Å². The first-order chi connectivity index (χ1) is 6.69. The van der Waals surface area contributed by atoms with Crippen LogP contribution in [0.15, 0.2) is 12.3 Å². The number of hydrogen-bond acceptors (Lipinski definition) is 4. The van der Waals surface area contributed by atoms with Crippen molar-refractivity contribution < 1.29 is 9.53 Å². The molecule has 5 nitrogen and oxygen atoms in total. The normalized spacial score (nSPS) is 12.4. The fourth-order valence-electron chi connectivity index (χ4n) is 1.23. The molecular formula is C9H15N3O2. The molecule has 1 heterocycles. The molecule has 1 aromatic heterocycles. The zero-order valence-electron chi connectivity index (χ0n) is 8.43. The Morgan fingerprint density at radius 1 is 1.71 bits per heavy atom. The summed E-state index contributed by atoms with van der Waals surface area (Å²) in [5.74, 6) is 0.144. The van der Waals surface area contributed by atoms with Crippen LogP contribution >= 0.6 is 0 Å². The van der Waals surface area contributed by atoms with E-state index in [2.05, 4.69) is 5.10 Å². The lowest BCUT2D eigenvalue weighted by Crippen LogP contribution is -2.21. The molecule has 0 radical (unpaired) electrons. The molecule has 0 saturated carbocycles. The van der Waals surface area contributed by atoms with Crippen LogP contribution in [0.2, 0.25) is 0 Å². The smallest absolute Gasteiger partial charge is 0.330 e. The third-order valence-corrected chi connectivity index (χ3v) is 1.89.